The molecule has 0 heterocycles. The normalized spacial score (nSPS) is 26.2. The van der Waals surface area contributed by atoms with Crippen LogP contribution in [-0.2, 0) is 24.9 Å². The minimum atomic E-state index is -1.72. The van der Waals surface area contributed by atoms with Crippen LogP contribution in [0, 0.1) is 0 Å². The summed E-state index contributed by atoms with van der Waals surface area (Å²) in [4.78, 5) is 0. The molecule has 0 spiro atoms. The fourth-order valence-electron chi connectivity index (χ4n) is 15.3. The third kappa shape index (κ3) is 8.79. The van der Waals surface area contributed by atoms with E-state index in [9.17, 15) is 0 Å². The van der Waals surface area contributed by atoms with Crippen molar-refractivity contribution in [3.05, 3.63) is 82.4 Å². The van der Waals surface area contributed by atoms with E-state index >= 15 is 0 Å². The molecule has 0 aromatic heterocycles. The average molecular weight is 923 g/mol. The Hall–Kier alpha value is 0.243. The Morgan fingerprint density at radius 3 is 1.07 bits per heavy atom. The van der Waals surface area contributed by atoms with Crippen molar-refractivity contribution in [3.8, 4) is 0 Å². The van der Waals surface area contributed by atoms with E-state index in [1.807, 2.05) is 0 Å². The van der Waals surface area contributed by atoms with Gasteiger partial charge in [-0.1, -0.05) is 116 Å². The molecule has 0 bridgehead atoms. The van der Waals surface area contributed by atoms with Crippen LogP contribution in [0.3, 0.4) is 0 Å². The predicted octanol–water partition coefficient (Wildman–Crippen LogP) is 17.3. The van der Waals surface area contributed by atoms with Crippen LogP contribution in [0.1, 0.15) is 197 Å². The van der Waals surface area contributed by atoms with Crippen molar-refractivity contribution < 1.29 is 19.5 Å². The monoisotopic (exact) mass is 922 g/mol. The second-order valence-corrected chi connectivity index (χ2v) is 30.2. The van der Waals surface area contributed by atoms with E-state index < -0.39 is 14.5 Å². The molecule has 6 fully saturated rings. The molecule has 6 saturated carbocycles. The van der Waals surface area contributed by atoms with Gasteiger partial charge in [0.1, 0.15) is 4.49 Å². The van der Waals surface area contributed by atoms with E-state index in [-0.39, 0.29) is 24.9 Å². The van der Waals surface area contributed by atoms with Gasteiger partial charge in [0.15, 0.2) is 5.40 Å². The molecule has 0 radical (unpaired) electrons. The summed E-state index contributed by atoms with van der Waals surface area (Å²) in [7, 11) is -3.31. The van der Waals surface area contributed by atoms with Crippen LogP contribution in [0.2, 0.25) is 0 Å². The predicted molar refractivity (Wildman–Crippen MR) is 248 cm³/mol. The summed E-state index contributed by atoms with van der Waals surface area (Å²) in [5, 5.41) is 0.692. The average Bonchev–Trinajstić information content (AvgIpc) is 3.27. The Balaban J connectivity index is 0.00000480. The number of benzene rings is 2. The van der Waals surface area contributed by atoms with Gasteiger partial charge >= 0.3 is 0 Å². The Morgan fingerprint density at radius 1 is 0.446 bits per heavy atom. The van der Waals surface area contributed by atoms with Crippen molar-refractivity contribution in [2.45, 2.75) is 231 Å². The molecular weight excluding hydrogens is 846 g/mol. The van der Waals surface area contributed by atoms with Gasteiger partial charge in [0.05, 0.1) is 48.5 Å². The molecule has 0 amide bonds. The van der Waals surface area contributed by atoms with Crippen LogP contribution in [0.4, 0.5) is 0 Å². The SMILES string of the molecule is ClC(Cl)=CC([P+](C1CCCCC1)(C1CCCCC1)C1CCCCC1)[P+](C1CCCCC1)(C1CCCCC1)C1CCCC(c2ccccc2)(c2ccccc2)C1.[Ru]. The van der Waals surface area contributed by atoms with Crippen molar-refractivity contribution in [1.29, 1.82) is 0 Å². The van der Waals surface area contributed by atoms with Gasteiger partial charge in [0, 0.05) is 31.0 Å². The fraction of sp³-hybridized carbons (Fsp3) is 0.725. The van der Waals surface area contributed by atoms with Crippen LogP contribution < -0.4 is 0 Å². The Labute approximate surface area is 368 Å². The molecule has 56 heavy (non-hydrogen) atoms. The molecule has 8 rings (SSSR count). The van der Waals surface area contributed by atoms with Gasteiger partial charge in [0.2, 0.25) is 0 Å². The zero-order chi connectivity index (χ0) is 37.6. The van der Waals surface area contributed by atoms with Crippen molar-refractivity contribution in [1.82, 2.24) is 0 Å². The molecule has 6 aliphatic carbocycles. The van der Waals surface area contributed by atoms with Gasteiger partial charge in [-0.3, -0.25) is 0 Å². The molecular formula is C51H76Cl2P2Ru+2. The minimum absolute atomic E-state index is 0. The van der Waals surface area contributed by atoms with Crippen LogP contribution in [-0.4, -0.2) is 39.4 Å². The number of halogens is 2. The largest absolute Gasteiger partial charge is 0.190 e. The van der Waals surface area contributed by atoms with Crippen molar-refractivity contribution in [2.75, 3.05) is 0 Å². The first-order valence-electron chi connectivity index (χ1n) is 24.0. The second-order valence-electron chi connectivity index (χ2n) is 19.7. The molecule has 2 unspecified atom stereocenters. The van der Waals surface area contributed by atoms with E-state index in [1.54, 1.807) is 11.1 Å². The maximum absolute atomic E-state index is 7.43. The van der Waals surface area contributed by atoms with Gasteiger partial charge in [-0.25, -0.2) is 0 Å². The minimum Gasteiger partial charge on any atom is -0.0709 e. The Morgan fingerprint density at radius 2 is 0.750 bits per heavy atom. The van der Waals surface area contributed by atoms with Crippen LogP contribution in [0.25, 0.3) is 0 Å². The first-order valence-corrected chi connectivity index (χ1v) is 28.9. The van der Waals surface area contributed by atoms with E-state index in [0.717, 1.165) is 34.0 Å². The molecule has 0 nitrogen and oxygen atoms in total. The third-order valence-electron chi connectivity index (χ3n) is 17.2. The summed E-state index contributed by atoms with van der Waals surface area (Å²) in [6, 6.07) is 24.0. The summed E-state index contributed by atoms with van der Waals surface area (Å²) in [5.74, 6) is 0. The van der Waals surface area contributed by atoms with Gasteiger partial charge < -0.3 is 0 Å². The van der Waals surface area contributed by atoms with Gasteiger partial charge in [-0.05, 0) is 165 Å². The Bertz CT molecular complexity index is 1380. The number of allylic oxidation sites excluding steroid dienone is 1. The maximum Gasteiger partial charge on any atom is 0.190 e. The van der Waals surface area contributed by atoms with Gasteiger partial charge in [0.25, 0.3) is 0 Å². The molecule has 0 N–H and O–H groups in total. The number of rotatable bonds is 11. The van der Waals surface area contributed by atoms with Gasteiger partial charge in [-0.15, -0.1) is 0 Å². The molecule has 2 atom stereocenters. The Kier molecular flexibility index (Phi) is 16.5. The maximum atomic E-state index is 7.43. The fourth-order valence-corrected chi connectivity index (χ4v) is 36.6. The van der Waals surface area contributed by atoms with Gasteiger partial charge in [-0.2, -0.15) is 0 Å². The zero-order valence-corrected chi connectivity index (χ0v) is 39.9. The summed E-state index contributed by atoms with van der Waals surface area (Å²) in [6.45, 7) is 0. The smallest absolute Gasteiger partial charge is 0.0709 e. The quantitative estimate of drug-likeness (QED) is 0.156. The van der Waals surface area contributed by atoms with Crippen LogP contribution in [0.15, 0.2) is 71.2 Å². The number of hydrogen-bond donors (Lipinski definition) is 0. The second kappa shape index (κ2) is 20.9. The zero-order valence-electron chi connectivity index (χ0n) is 34.9. The van der Waals surface area contributed by atoms with E-state index in [4.69, 9.17) is 23.2 Å². The molecule has 6 aliphatic rings. The summed E-state index contributed by atoms with van der Waals surface area (Å²) in [5.41, 5.74) is 8.72. The van der Waals surface area contributed by atoms with Crippen molar-refractivity contribution in [3.63, 3.8) is 0 Å². The standard InChI is InChI=1S/C51H76Cl2P2.Ru/c52-49(53)39-50(54(43-27-12-3-13-28-43,44-29-14-4-15-30-44)45-31-16-5-17-32-45)55(46-33-18-6-19-34-46,47-35-20-7-21-36-47)48-37-22-38-51(40-48,41-23-8-1-9-24-41)42-25-10-2-11-26-42;/h1-2,8-11,23-26,39,43-48,50H,3-7,12-22,27-38,40H2;/q+2;. The van der Waals surface area contributed by atoms with E-state index in [0.29, 0.717) is 9.89 Å². The first kappa shape index (κ1) is 44.3. The van der Waals surface area contributed by atoms with Crippen LogP contribution in [0.5, 0.6) is 0 Å². The number of hydrogen-bond acceptors (Lipinski definition) is 0. The summed E-state index contributed by atoms with van der Waals surface area (Å²) < 4.78 is 0.668. The van der Waals surface area contributed by atoms with Crippen molar-refractivity contribution >= 4 is 37.7 Å². The third-order valence-corrected chi connectivity index (χ3v) is 32.6. The molecule has 310 valence electrons. The molecule has 0 aliphatic heterocycles. The molecule has 2 aromatic rings. The summed E-state index contributed by atoms with van der Waals surface area (Å²) >= 11 is 14.9. The van der Waals surface area contributed by atoms with E-state index in [2.05, 4.69) is 66.7 Å². The molecule has 2 aromatic carbocycles. The topological polar surface area (TPSA) is 0 Å². The molecule has 5 heteroatoms. The molecule has 0 saturated heterocycles. The van der Waals surface area contributed by atoms with Crippen LogP contribution >= 0.6 is 37.7 Å². The summed E-state index contributed by atoms with van der Waals surface area (Å²) in [6.07, 6.45) is 45.3. The van der Waals surface area contributed by atoms with Crippen molar-refractivity contribution in [2.24, 2.45) is 0 Å². The first-order chi connectivity index (χ1) is 27.1. The van der Waals surface area contributed by atoms with E-state index in [1.165, 1.54) is 186 Å².